The number of carbonyl (C=O) groups excluding carboxylic acids is 1. The third-order valence-electron chi connectivity index (χ3n) is 4.16. The van der Waals surface area contributed by atoms with Gasteiger partial charge in [-0.05, 0) is 36.4 Å². The molecule has 0 atom stereocenters. The highest BCUT2D eigenvalue weighted by molar-refractivity contribution is 5.85. The van der Waals surface area contributed by atoms with Crippen LogP contribution in [0.3, 0.4) is 0 Å². The average molecular weight is 391 g/mol. The number of benzene rings is 2. The summed E-state index contributed by atoms with van der Waals surface area (Å²) in [5, 5.41) is 4.51. The maximum Gasteiger partial charge on any atom is 0.283 e. The highest BCUT2D eigenvalue weighted by atomic mass is 16.5. The van der Waals surface area contributed by atoms with Gasteiger partial charge in [0.25, 0.3) is 11.5 Å². The van der Waals surface area contributed by atoms with E-state index in [9.17, 15) is 9.59 Å². The topological polar surface area (TPSA) is 100 Å². The molecule has 2 heterocycles. The number of hydrogen-bond donors (Lipinski definition) is 1. The summed E-state index contributed by atoms with van der Waals surface area (Å²) in [6.07, 6.45) is 2.67. The van der Waals surface area contributed by atoms with Gasteiger partial charge in [0.1, 0.15) is 23.2 Å². The normalized spacial score (nSPS) is 10.7. The minimum Gasteiger partial charge on any atom is -0.497 e. The molecular weight excluding hydrogens is 374 g/mol. The number of ether oxygens (including phenoxy) is 2. The number of para-hydroxylation sites is 1. The van der Waals surface area contributed by atoms with Crippen LogP contribution < -0.4 is 20.5 Å². The van der Waals surface area contributed by atoms with Crippen LogP contribution >= 0.6 is 0 Å². The summed E-state index contributed by atoms with van der Waals surface area (Å²) in [5.41, 5.74) is 3.21. The second-order valence-electron chi connectivity index (χ2n) is 6.05. The van der Waals surface area contributed by atoms with Crippen LogP contribution in [0.2, 0.25) is 0 Å². The number of rotatable bonds is 6. The zero-order valence-electron chi connectivity index (χ0n) is 15.5. The Kier molecular flexibility index (Phi) is 4.93. The average Bonchev–Trinajstić information content (AvgIpc) is 3.20. The van der Waals surface area contributed by atoms with E-state index < -0.39 is 11.5 Å². The summed E-state index contributed by atoms with van der Waals surface area (Å²) in [4.78, 5) is 29.1. The van der Waals surface area contributed by atoms with E-state index in [0.717, 1.165) is 10.4 Å². The molecule has 2 aromatic carbocycles. The first kappa shape index (κ1) is 18.2. The lowest BCUT2D eigenvalue weighted by Crippen LogP contribution is -2.35. The number of aromatic nitrogens is 4. The Balaban J connectivity index is 1.48. The molecule has 0 saturated carbocycles. The van der Waals surface area contributed by atoms with E-state index in [2.05, 4.69) is 15.5 Å². The van der Waals surface area contributed by atoms with Crippen molar-refractivity contribution in [3.63, 3.8) is 0 Å². The highest BCUT2D eigenvalue weighted by Crippen LogP contribution is 2.17. The van der Waals surface area contributed by atoms with E-state index in [4.69, 9.17) is 9.47 Å². The molecule has 1 N–H and O–H groups in total. The number of nitrogens with one attached hydrogen (secondary N) is 1. The lowest BCUT2D eigenvalue weighted by atomic mass is 10.3. The number of amides is 1. The summed E-state index contributed by atoms with van der Waals surface area (Å²) in [7, 11) is 1.56. The van der Waals surface area contributed by atoms with Crippen molar-refractivity contribution in [1.82, 2.24) is 19.4 Å². The predicted octanol–water partition coefficient (Wildman–Crippen LogP) is 1.74. The molecule has 0 aliphatic heterocycles. The molecule has 2 aromatic heterocycles. The molecule has 29 heavy (non-hydrogen) atoms. The monoisotopic (exact) mass is 391 g/mol. The Morgan fingerprint density at radius 1 is 1.07 bits per heavy atom. The van der Waals surface area contributed by atoms with E-state index in [1.165, 1.54) is 12.5 Å². The summed E-state index contributed by atoms with van der Waals surface area (Å²) >= 11 is 0. The van der Waals surface area contributed by atoms with Crippen molar-refractivity contribution >= 4 is 16.9 Å². The van der Waals surface area contributed by atoms with E-state index in [1.54, 1.807) is 36.1 Å². The number of hydrogen-bond acceptors (Lipinski definition) is 6. The van der Waals surface area contributed by atoms with Gasteiger partial charge in [0, 0.05) is 0 Å². The first-order chi connectivity index (χ1) is 14.2. The molecule has 9 nitrogen and oxygen atoms in total. The predicted molar refractivity (Wildman–Crippen MR) is 106 cm³/mol. The SMILES string of the molecule is COc1ccc(OCC(=O)Nn2cnc3c(cnn3-c3ccccc3)c2=O)cc1. The van der Waals surface area contributed by atoms with Crippen molar-refractivity contribution in [3.05, 3.63) is 77.5 Å². The molecule has 0 aliphatic carbocycles. The summed E-state index contributed by atoms with van der Waals surface area (Å²) < 4.78 is 13.1. The van der Waals surface area contributed by atoms with Gasteiger partial charge < -0.3 is 9.47 Å². The third-order valence-corrected chi connectivity index (χ3v) is 4.16. The van der Waals surface area contributed by atoms with Gasteiger partial charge in [-0.1, -0.05) is 18.2 Å². The zero-order valence-corrected chi connectivity index (χ0v) is 15.5. The molecule has 4 rings (SSSR count). The molecule has 0 aliphatic rings. The fourth-order valence-corrected chi connectivity index (χ4v) is 2.74. The Labute approximate surface area is 165 Å². The molecule has 4 aromatic rings. The number of carbonyl (C=O) groups is 1. The van der Waals surface area contributed by atoms with Gasteiger partial charge in [0.2, 0.25) is 0 Å². The second kappa shape index (κ2) is 7.85. The molecule has 1 amide bonds. The van der Waals surface area contributed by atoms with Gasteiger partial charge in [-0.2, -0.15) is 5.10 Å². The maximum atomic E-state index is 12.7. The van der Waals surface area contributed by atoms with Crippen molar-refractivity contribution in [2.45, 2.75) is 0 Å². The largest absolute Gasteiger partial charge is 0.497 e. The summed E-state index contributed by atoms with van der Waals surface area (Å²) in [6, 6.07) is 16.2. The molecule has 0 unspecified atom stereocenters. The van der Waals surface area contributed by atoms with Crippen LogP contribution in [0, 0.1) is 0 Å². The van der Waals surface area contributed by atoms with Crippen molar-refractivity contribution in [3.8, 4) is 17.2 Å². The van der Waals surface area contributed by atoms with Crippen molar-refractivity contribution < 1.29 is 14.3 Å². The van der Waals surface area contributed by atoms with Gasteiger partial charge in [-0.25, -0.2) is 14.3 Å². The van der Waals surface area contributed by atoms with Crippen LogP contribution in [0.4, 0.5) is 0 Å². The summed E-state index contributed by atoms with van der Waals surface area (Å²) in [5.74, 6) is 0.689. The molecule has 0 spiro atoms. The maximum absolute atomic E-state index is 12.7. The molecule has 0 radical (unpaired) electrons. The van der Waals surface area contributed by atoms with Crippen LogP contribution in [0.25, 0.3) is 16.7 Å². The first-order valence-corrected chi connectivity index (χ1v) is 8.73. The van der Waals surface area contributed by atoms with Gasteiger partial charge in [-0.15, -0.1) is 0 Å². The first-order valence-electron chi connectivity index (χ1n) is 8.73. The van der Waals surface area contributed by atoms with Crippen LogP contribution in [-0.2, 0) is 4.79 Å². The lowest BCUT2D eigenvalue weighted by Gasteiger charge is -2.09. The quantitative estimate of drug-likeness (QED) is 0.537. The minimum absolute atomic E-state index is 0.264. The van der Waals surface area contributed by atoms with Gasteiger partial charge in [0.15, 0.2) is 12.3 Å². The van der Waals surface area contributed by atoms with Crippen LogP contribution in [0.5, 0.6) is 11.5 Å². The fraction of sp³-hybridized carbons (Fsp3) is 0.100. The molecule has 0 bridgehead atoms. The van der Waals surface area contributed by atoms with Gasteiger partial charge in [0.05, 0.1) is 19.0 Å². The van der Waals surface area contributed by atoms with Gasteiger partial charge >= 0.3 is 0 Å². The van der Waals surface area contributed by atoms with E-state index in [-0.39, 0.29) is 12.0 Å². The van der Waals surface area contributed by atoms with Crippen LogP contribution in [-0.4, -0.2) is 39.1 Å². The smallest absolute Gasteiger partial charge is 0.283 e. The highest BCUT2D eigenvalue weighted by Gasteiger charge is 2.13. The standard InChI is InChI=1S/C20H17N5O4/c1-28-15-7-9-16(10-8-15)29-12-18(26)23-24-13-21-19-17(20(24)27)11-22-25(19)14-5-3-2-4-6-14/h2-11,13H,12H2,1H3,(H,23,26). The Morgan fingerprint density at radius 3 is 2.52 bits per heavy atom. The van der Waals surface area contributed by atoms with Gasteiger partial charge in [-0.3, -0.25) is 15.0 Å². The van der Waals surface area contributed by atoms with E-state index >= 15 is 0 Å². The Bertz CT molecular complexity index is 1200. The number of methoxy groups -OCH3 is 1. The van der Waals surface area contributed by atoms with E-state index in [0.29, 0.717) is 17.1 Å². The number of fused-ring (bicyclic) bond motifs is 1. The minimum atomic E-state index is -0.500. The third kappa shape index (κ3) is 3.79. The lowest BCUT2D eigenvalue weighted by molar-refractivity contribution is -0.119. The van der Waals surface area contributed by atoms with E-state index in [1.807, 2.05) is 30.3 Å². The fourth-order valence-electron chi connectivity index (χ4n) is 2.74. The number of nitrogens with zero attached hydrogens (tertiary/aromatic N) is 4. The van der Waals surface area contributed by atoms with Crippen LogP contribution in [0.15, 0.2) is 71.9 Å². The second-order valence-corrected chi connectivity index (χ2v) is 6.05. The van der Waals surface area contributed by atoms with Crippen molar-refractivity contribution in [2.24, 2.45) is 0 Å². The summed E-state index contributed by atoms with van der Waals surface area (Å²) in [6.45, 7) is -0.264. The molecule has 0 fully saturated rings. The molecule has 146 valence electrons. The molecular formula is C20H17N5O4. The van der Waals surface area contributed by atoms with Crippen molar-refractivity contribution in [1.29, 1.82) is 0 Å². The van der Waals surface area contributed by atoms with Crippen LogP contribution in [0.1, 0.15) is 0 Å². The zero-order chi connectivity index (χ0) is 20.2. The van der Waals surface area contributed by atoms with Crippen molar-refractivity contribution in [2.75, 3.05) is 19.1 Å². The Hall–Kier alpha value is -4.14. The molecule has 0 saturated heterocycles. The molecule has 9 heteroatoms. The Morgan fingerprint density at radius 2 is 1.79 bits per heavy atom.